The van der Waals surface area contributed by atoms with Gasteiger partial charge >= 0.3 is 0 Å². The Hall–Kier alpha value is -7.42. The molecule has 0 N–H and O–H groups in total. The molecule has 10 aromatic rings. The molecular weight excluding hydrogens is 689 g/mol. The molecule has 0 bridgehead atoms. The van der Waals surface area contributed by atoms with Crippen molar-refractivity contribution in [3.63, 3.8) is 0 Å². The number of nitrogens with zero attached hydrogens (tertiary/aromatic N) is 2. The Morgan fingerprint density at radius 2 is 0.842 bits per heavy atom. The first-order chi connectivity index (χ1) is 28.3. The van der Waals surface area contributed by atoms with Gasteiger partial charge in [0.05, 0.1) is 16.8 Å². The predicted octanol–water partition coefficient (Wildman–Crippen LogP) is 13.8. The van der Waals surface area contributed by atoms with Crippen molar-refractivity contribution in [2.24, 2.45) is 0 Å². The Balaban J connectivity index is 1.09. The van der Waals surface area contributed by atoms with Crippen LogP contribution in [0.2, 0.25) is 0 Å². The summed E-state index contributed by atoms with van der Waals surface area (Å²) in [6, 6.07) is 75.0. The van der Waals surface area contributed by atoms with E-state index >= 15 is 0 Å². The molecule has 2 aliphatic rings. The van der Waals surface area contributed by atoms with Gasteiger partial charge < -0.3 is 0 Å². The molecule has 57 heavy (non-hydrogen) atoms. The van der Waals surface area contributed by atoms with Gasteiger partial charge in [-0.1, -0.05) is 194 Å². The molecule has 0 fully saturated rings. The summed E-state index contributed by atoms with van der Waals surface area (Å²) < 4.78 is 0. The van der Waals surface area contributed by atoms with Gasteiger partial charge in [0.15, 0.2) is 5.82 Å². The van der Waals surface area contributed by atoms with Gasteiger partial charge in [-0.2, -0.15) is 0 Å². The molecule has 12 rings (SSSR count). The summed E-state index contributed by atoms with van der Waals surface area (Å²) >= 11 is 0. The minimum atomic E-state index is -0.472. The molecule has 1 heterocycles. The van der Waals surface area contributed by atoms with Crippen LogP contribution in [-0.4, -0.2) is 9.97 Å². The fourth-order valence-electron chi connectivity index (χ4n) is 9.90. The minimum Gasteiger partial charge on any atom is -0.228 e. The maximum Gasteiger partial charge on any atom is 0.160 e. The van der Waals surface area contributed by atoms with Crippen LogP contribution < -0.4 is 0 Å². The maximum atomic E-state index is 5.13. The summed E-state index contributed by atoms with van der Waals surface area (Å²) in [6.07, 6.45) is 0. The van der Waals surface area contributed by atoms with Gasteiger partial charge in [-0.25, -0.2) is 9.97 Å². The molecule has 0 saturated heterocycles. The SMILES string of the molecule is c1ccc(-c2cc(-c3ccc(-c4cc5c(c6ccccc46)-c4ccc6ccccc6c4C54c5ccccc5-c5ccccc54)cc3)nc(-c3ccccc3)n2)cc1. The second-order valence-electron chi connectivity index (χ2n) is 15.2. The number of aromatic nitrogens is 2. The van der Waals surface area contributed by atoms with Crippen molar-refractivity contribution < 1.29 is 0 Å². The lowest BCUT2D eigenvalue weighted by Crippen LogP contribution is -2.26. The first-order valence-corrected chi connectivity index (χ1v) is 19.7. The van der Waals surface area contributed by atoms with E-state index in [1.54, 1.807) is 0 Å². The molecule has 264 valence electrons. The molecule has 1 aromatic heterocycles. The molecule has 9 aromatic carbocycles. The van der Waals surface area contributed by atoms with Crippen LogP contribution in [0.3, 0.4) is 0 Å². The van der Waals surface area contributed by atoms with Gasteiger partial charge in [-0.15, -0.1) is 0 Å². The Kier molecular flexibility index (Phi) is 6.88. The van der Waals surface area contributed by atoms with Crippen LogP contribution in [-0.2, 0) is 5.41 Å². The summed E-state index contributed by atoms with van der Waals surface area (Å²) in [7, 11) is 0. The van der Waals surface area contributed by atoms with Gasteiger partial charge in [-0.05, 0) is 89.3 Å². The maximum absolute atomic E-state index is 5.13. The highest BCUT2D eigenvalue weighted by Crippen LogP contribution is 2.65. The molecule has 0 unspecified atom stereocenters. The highest BCUT2D eigenvalue weighted by Gasteiger charge is 2.53. The smallest absolute Gasteiger partial charge is 0.160 e. The van der Waals surface area contributed by atoms with Crippen molar-refractivity contribution in [3.05, 3.63) is 229 Å². The zero-order chi connectivity index (χ0) is 37.5. The average molecular weight is 723 g/mol. The highest BCUT2D eigenvalue weighted by molar-refractivity contribution is 6.14. The zero-order valence-electron chi connectivity index (χ0n) is 31.0. The van der Waals surface area contributed by atoms with E-state index in [-0.39, 0.29) is 0 Å². The Bertz CT molecular complexity index is 3110. The summed E-state index contributed by atoms with van der Waals surface area (Å²) in [4.78, 5) is 10.2. The zero-order valence-corrected chi connectivity index (χ0v) is 31.0. The van der Waals surface area contributed by atoms with Crippen molar-refractivity contribution in [1.82, 2.24) is 9.97 Å². The van der Waals surface area contributed by atoms with E-state index in [2.05, 4.69) is 182 Å². The number of hydrogen-bond acceptors (Lipinski definition) is 2. The highest BCUT2D eigenvalue weighted by atomic mass is 14.9. The second kappa shape index (κ2) is 12.3. The molecule has 2 heteroatoms. The summed E-state index contributed by atoms with van der Waals surface area (Å²) in [6.45, 7) is 0. The number of hydrogen-bond donors (Lipinski definition) is 0. The first kappa shape index (κ1) is 31.9. The summed E-state index contributed by atoms with van der Waals surface area (Å²) in [5, 5.41) is 5.10. The van der Waals surface area contributed by atoms with Gasteiger partial charge in [0.1, 0.15) is 0 Å². The molecule has 0 amide bonds. The fourth-order valence-corrected chi connectivity index (χ4v) is 9.90. The lowest BCUT2D eigenvalue weighted by molar-refractivity contribution is 0.802. The van der Waals surface area contributed by atoms with Crippen LogP contribution in [0.1, 0.15) is 22.3 Å². The van der Waals surface area contributed by atoms with Crippen molar-refractivity contribution in [1.29, 1.82) is 0 Å². The monoisotopic (exact) mass is 722 g/mol. The third kappa shape index (κ3) is 4.59. The molecule has 2 nitrogen and oxygen atoms in total. The third-order valence-electron chi connectivity index (χ3n) is 12.3. The van der Waals surface area contributed by atoms with Crippen molar-refractivity contribution in [2.45, 2.75) is 5.41 Å². The Labute approximate surface area is 331 Å². The minimum absolute atomic E-state index is 0.472. The molecule has 2 aliphatic carbocycles. The van der Waals surface area contributed by atoms with Crippen LogP contribution in [0.5, 0.6) is 0 Å². The Morgan fingerprint density at radius 1 is 0.316 bits per heavy atom. The van der Waals surface area contributed by atoms with E-state index in [4.69, 9.17) is 9.97 Å². The van der Waals surface area contributed by atoms with Gasteiger partial charge in [-0.3, -0.25) is 0 Å². The summed E-state index contributed by atoms with van der Waals surface area (Å²) in [5.41, 5.74) is 17.6. The topological polar surface area (TPSA) is 25.8 Å². The van der Waals surface area contributed by atoms with Crippen LogP contribution in [0, 0.1) is 0 Å². The van der Waals surface area contributed by atoms with Crippen molar-refractivity contribution in [2.75, 3.05) is 0 Å². The molecule has 1 spiro atoms. The average Bonchev–Trinajstić information content (AvgIpc) is 3.77. The van der Waals surface area contributed by atoms with Crippen molar-refractivity contribution in [3.8, 4) is 67.3 Å². The fraction of sp³-hybridized carbons (Fsp3) is 0.0182. The lowest BCUT2D eigenvalue weighted by Gasteiger charge is -2.32. The molecule has 0 aliphatic heterocycles. The van der Waals surface area contributed by atoms with E-state index in [1.807, 2.05) is 24.3 Å². The number of fused-ring (bicyclic) bond motifs is 14. The second-order valence-corrected chi connectivity index (χ2v) is 15.2. The van der Waals surface area contributed by atoms with Crippen LogP contribution in [0.15, 0.2) is 206 Å². The Morgan fingerprint density at radius 3 is 1.53 bits per heavy atom. The lowest BCUT2D eigenvalue weighted by atomic mass is 9.69. The van der Waals surface area contributed by atoms with Crippen LogP contribution >= 0.6 is 0 Å². The van der Waals surface area contributed by atoms with E-state index in [1.165, 1.54) is 77.2 Å². The van der Waals surface area contributed by atoms with E-state index in [9.17, 15) is 0 Å². The van der Waals surface area contributed by atoms with E-state index < -0.39 is 5.41 Å². The first-order valence-electron chi connectivity index (χ1n) is 19.7. The van der Waals surface area contributed by atoms with Crippen LogP contribution in [0.25, 0.3) is 88.8 Å². The van der Waals surface area contributed by atoms with Crippen molar-refractivity contribution >= 4 is 21.5 Å². The largest absolute Gasteiger partial charge is 0.228 e. The van der Waals surface area contributed by atoms with Gasteiger partial charge in [0.25, 0.3) is 0 Å². The molecule has 0 atom stereocenters. The van der Waals surface area contributed by atoms with Gasteiger partial charge in [0, 0.05) is 16.7 Å². The van der Waals surface area contributed by atoms with Crippen LogP contribution in [0.4, 0.5) is 0 Å². The third-order valence-corrected chi connectivity index (χ3v) is 12.3. The molecule has 0 saturated carbocycles. The van der Waals surface area contributed by atoms with Gasteiger partial charge in [0.2, 0.25) is 0 Å². The number of rotatable bonds is 4. The molecule has 0 radical (unpaired) electrons. The van der Waals surface area contributed by atoms with E-state index in [0.29, 0.717) is 0 Å². The standard InChI is InChI=1S/C55H34N2/c1-3-16-37(17-4-1)50-34-51(57-54(56-50)39-18-5-2-6-19-39)38-29-27-36(28-30-38)46-33-49-52(44-24-10-9-21-41(44)46)45-32-31-35-15-7-8-20-40(35)53(45)55(49)47-25-13-11-22-42(47)43-23-12-14-26-48(43)55/h1-34H. The quantitative estimate of drug-likeness (QED) is 0.181. The normalized spacial score (nSPS) is 13.1. The number of benzene rings is 9. The summed E-state index contributed by atoms with van der Waals surface area (Å²) in [5.74, 6) is 0.718. The predicted molar refractivity (Wildman–Crippen MR) is 235 cm³/mol. The molecular formula is C55H34N2. The van der Waals surface area contributed by atoms with E-state index in [0.717, 1.165) is 33.9 Å².